The zero-order chi connectivity index (χ0) is 23.2. The highest BCUT2D eigenvalue weighted by atomic mass is 32.2. The van der Waals surface area contributed by atoms with Gasteiger partial charge in [-0.05, 0) is 24.6 Å². The molecule has 170 valence electrons. The number of fused-ring (bicyclic) bond motifs is 1. The van der Waals surface area contributed by atoms with Crippen molar-refractivity contribution >= 4 is 57.0 Å². The van der Waals surface area contributed by atoms with Crippen LogP contribution in [-0.4, -0.2) is 44.0 Å². The van der Waals surface area contributed by atoms with E-state index in [1.807, 2.05) is 53.1 Å². The van der Waals surface area contributed by atoms with E-state index in [2.05, 4.69) is 31.9 Å². The minimum Gasteiger partial charge on any atom is -0.341 e. The van der Waals surface area contributed by atoms with E-state index in [-0.39, 0.29) is 5.91 Å². The van der Waals surface area contributed by atoms with Gasteiger partial charge in [-0.25, -0.2) is 9.78 Å². The normalized spacial score (nSPS) is 11.9. The Bertz CT molecular complexity index is 1220. The summed E-state index contributed by atoms with van der Waals surface area (Å²) in [5.41, 5.74) is 2.09. The minimum absolute atomic E-state index is 0.390. The summed E-state index contributed by atoms with van der Waals surface area (Å²) in [6.07, 6.45) is 0. The lowest BCUT2D eigenvalue weighted by Crippen LogP contribution is -2.41. The second-order valence-electron chi connectivity index (χ2n) is 7.04. The SMILES string of the molecule is CNC(=O)NC(=O)[C@@H](C)Sc1nnc(CSc2nc3ccccc3s2)n1Cc1ccccc1. The molecule has 3 amide bonds. The number of thiazole rings is 1. The van der Waals surface area contributed by atoms with E-state index in [1.54, 1.807) is 30.0 Å². The highest BCUT2D eigenvalue weighted by molar-refractivity contribution is 8.00. The molecule has 0 fully saturated rings. The second-order valence-corrected chi connectivity index (χ2v) is 10.6. The van der Waals surface area contributed by atoms with Crippen LogP contribution in [0, 0.1) is 0 Å². The number of carbonyl (C=O) groups is 2. The fourth-order valence-corrected chi connectivity index (χ4v) is 5.84. The van der Waals surface area contributed by atoms with Gasteiger partial charge in [0.1, 0.15) is 5.82 Å². The smallest absolute Gasteiger partial charge is 0.321 e. The van der Waals surface area contributed by atoms with Crippen LogP contribution < -0.4 is 10.6 Å². The van der Waals surface area contributed by atoms with Crippen molar-refractivity contribution in [1.82, 2.24) is 30.4 Å². The number of urea groups is 1. The van der Waals surface area contributed by atoms with E-state index >= 15 is 0 Å². The van der Waals surface area contributed by atoms with Crippen molar-refractivity contribution in [3.8, 4) is 0 Å². The maximum absolute atomic E-state index is 12.3. The van der Waals surface area contributed by atoms with Gasteiger partial charge in [0.25, 0.3) is 0 Å². The molecule has 0 saturated heterocycles. The Morgan fingerprint density at radius 2 is 1.85 bits per heavy atom. The lowest BCUT2D eigenvalue weighted by atomic mass is 10.2. The number of imide groups is 1. The zero-order valence-electron chi connectivity index (χ0n) is 18.0. The number of amides is 3. The predicted molar refractivity (Wildman–Crippen MR) is 133 cm³/mol. The van der Waals surface area contributed by atoms with Crippen molar-refractivity contribution in [3.63, 3.8) is 0 Å². The van der Waals surface area contributed by atoms with Crippen LogP contribution in [0.15, 0.2) is 64.1 Å². The molecule has 0 spiro atoms. The van der Waals surface area contributed by atoms with Crippen LogP contribution in [0.3, 0.4) is 0 Å². The second kappa shape index (κ2) is 10.8. The molecule has 4 aromatic rings. The summed E-state index contributed by atoms with van der Waals surface area (Å²) in [5.74, 6) is 1.00. The molecule has 0 unspecified atom stereocenters. The molecule has 0 aliphatic rings. The maximum Gasteiger partial charge on any atom is 0.321 e. The van der Waals surface area contributed by atoms with Gasteiger partial charge in [0.15, 0.2) is 9.50 Å². The fraction of sp³-hybridized carbons (Fsp3) is 0.227. The highest BCUT2D eigenvalue weighted by Gasteiger charge is 2.22. The fourth-order valence-electron chi connectivity index (χ4n) is 2.96. The van der Waals surface area contributed by atoms with Crippen LogP contribution in [0.5, 0.6) is 0 Å². The number of hydrogen-bond acceptors (Lipinski definition) is 8. The Morgan fingerprint density at radius 1 is 1.09 bits per heavy atom. The molecule has 0 bridgehead atoms. The van der Waals surface area contributed by atoms with E-state index in [9.17, 15) is 9.59 Å². The van der Waals surface area contributed by atoms with Crippen LogP contribution >= 0.6 is 34.9 Å². The first-order valence-electron chi connectivity index (χ1n) is 10.2. The molecular formula is C22H22N6O2S3. The first-order valence-corrected chi connectivity index (χ1v) is 12.8. The standard InChI is InChI=1S/C22H22N6O2S3/c1-14(19(29)25-20(30)23-2)32-21-27-26-18(28(21)12-15-8-4-3-5-9-15)13-31-22-24-16-10-6-7-11-17(16)33-22/h3-11,14H,12-13H2,1-2H3,(H2,23,25,29,30)/t14-/m1/s1. The Hall–Kier alpha value is -2.89. The lowest BCUT2D eigenvalue weighted by Gasteiger charge is -2.13. The molecule has 2 aromatic carbocycles. The Morgan fingerprint density at radius 3 is 2.61 bits per heavy atom. The molecule has 4 rings (SSSR count). The molecule has 0 saturated carbocycles. The van der Waals surface area contributed by atoms with Gasteiger partial charge in [0.05, 0.1) is 27.8 Å². The summed E-state index contributed by atoms with van der Waals surface area (Å²) >= 11 is 4.54. The summed E-state index contributed by atoms with van der Waals surface area (Å²) in [4.78, 5) is 28.5. The minimum atomic E-state index is -0.536. The van der Waals surface area contributed by atoms with Gasteiger partial charge < -0.3 is 9.88 Å². The van der Waals surface area contributed by atoms with Crippen LogP contribution in [0.25, 0.3) is 10.2 Å². The quantitative estimate of drug-likeness (QED) is 0.352. The average Bonchev–Trinajstić information content (AvgIpc) is 3.41. The van der Waals surface area contributed by atoms with Gasteiger partial charge in [0.2, 0.25) is 5.91 Å². The largest absolute Gasteiger partial charge is 0.341 e. The predicted octanol–water partition coefficient (Wildman–Crippen LogP) is 4.16. The number of nitrogens with one attached hydrogen (secondary N) is 2. The van der Waals surface area contributed by atoms with Gasteiger partial charge >= 0.3 is 6.03 Å². The Balaban J connectivity index is 1.53. The van der Waals surface area contributed by atoms with Crippen molar-refractivity contribution in [2.45, 2.75) is 34.0 Å². The highest BCUT2D eigenvalue weighted by Crippen LogP contribution is 2.32. The number of para-hydroxylation sites is 1. The van der Waals surface area contributed by atoms with Gasteiger partial charge in [-0.15, -0.1) is 21.5 Å². The van der Waals surface area contributed by atoms with E-state index in [0.717, 1.165) is 25.9 Å². The number of nitrogens with zero attached hydrogens (tertiary/aromatic N) is 4. The summed E-state index contributed by atoms with van der Waals surface area (Å²) in [7, 11) is 1.46. The van der Waals surface area contributed by atoms with E-state index in [4.69, 9.17) is 0 Å². The Labute approximate surface area is 203 Å². The van der Waals surface area contributed by atoms with Crippen molar-refractivity contribution in [3.05, 3.63) is 66.0 Å². The molecule has 0 aliphatic carbocycles. The van der Waals surface area contributed by atoms with E-state index in [0.29, 0.717) is 17.5 Å². The van der Waals surface area contributed by atoms with Gasteiger partial charge in [-0.3, -0.25) is 10.1 Å². The Kier molecular flexibility index (Phi) is 7.63. The average molecular weight is 499 g/mol. The van der Waals surface area contributed by atoms with Crippen molar-refractivity contribution < 1.29 is 9.59 Å². The monoisotopic (exact) mass is 498 g/mol. The van der Waals surface area contributed by atoms with E-state index < -0.39 is 11.3 Å². The zero-order valence-corrected chi connectivity index (χ0v) is 20.5. The number of thioether (sulfide) groups is 2. The summed E-state index contributed by atoms with van der Waals surface area (Å²) < 4.78 is 4.14. The molecule has 0 radical (unpaired) electrons. The summed E-state index contributed by atoms with van der Waals surface area (Å²) in [5, 5.41) is 13.6. The molecule has 2 aromatic heterocycles. The van der Waals surface area contributed by atoms with Gasteiger partial charge in [-0.1, -0.05) is 66.0 Å². The van der Waals surface area contributed by atoms with Crippen molar-refractivity contribution in [1.29, 1.82) is 0 Å². The first-order chi connectivity index (χ1) is 16.0. The molecule has 33 heavy (non-hydrogen) atoms. The summed E-state index contributed by atoms with van der Waals surface area (Å²) in [6, 6.07) is 17.6. The molecule has 0 aliphatic heterocycles. The van der Waals surface area contributed by atoms with Crippen LogP contribution in [-0.2, 0) is 17.1 Å². The number of rotatable bonds is 8. The van der Waals surface area contributed by atoms with Crippen LogP contribution in [0.4, 0.5) is 4.79 Å². The number of aromatic nitrogens is 4. The molecular weight excluding hydrogens is 476 g/mol. The third kappa shape index (κ3) is 5.92. The molecule has 2 heterocycles. The molecule has 8 nitrogen and oxygen atoms in total. The molecule has 1 atom stereocenters. The third-order valence-electron chi connectivity index (χ3n) is 4.69. The molecule has 2 N–H and O–H groups in total. The lowest BCUT2D eigenvalue weighted by molar-refractivity contribution is -0.119. The van der Waals surface area contributed by atoms with Crippen molar-refractivity contribution in [2.75, 3.05) is 7.05 Å². The first kappa shape index (κ1) is 23.3. The third-order valence-corrected chi connectivity index (χ3v) is 7.95. The number of carbonyl (C=O) groups excluding carboxylic acids is 2. The van der Waals surface area contributed by atoms with Crippen LogP contribution in [0.1, 0.15) is 18.3 Å². The topological polar surface area (TPSA) is 102 Å². The summed E-state index contributed by atoms with van der Waals surface area (Å²) in [6.45, 7) is 2.32. The van der Waals surface area contributed by atoms with Gasteiger partial charge in [-0.2, -0.15) is 0 Å². The van der Waals surface area contributed by atoms with Crippen LogP contribution in [0.2, 0.25) is 0 Å². The maximum atomic E-state index is 12.3. The molecule has 11 heteroatoms. The number of benzene rings is 2. The van der Waals surface area contributed by atoms with Crippen molar-refractivity contribution in [2.24, 2.45) is 0 Å². The number of hydrogen-bond donors (Lipinski definition) is 2. The van der Waals surface area contributed by atoms with Gasteiger partial charge in [0, 0.05) is 7.05 Å². The van der Waals surface area contributed by atoms with E-state index in [1.165, 1.54) is 18.8 Å².